The summed E-state index contributed by atoms with van der Waals surface area (Å²) in [6, 6.07) is 0. The van der Waals surface area contributed by atoms with Gasteiger partial charge in [0, 0.05) is 6.61 Å². The zero-order chi connectivity index (χ0) is 11.5. The third-order valence-electron chi connectivity index (χ3n) is 2.98. The minimum atomic E-state index is -0.256. The van der Waals surface area contributed by atoms with Gasteiger partial charge in [-0.3, -0.25) is 0 Å². The van der Waals surface area contributed by atoms with E-state index in [0.717, 1.165) is 6.61 Å². The minimum absolute atomic E-state index is 0.254. The second kappa shape index (κ2) is 4.68. The molecule has 1 rings (SSSR count). The van der Waals surface area contributed by atoms with Gasteiger partial charge in [-0.2, -0.15) is 0 Å². The Kier molecular flexibility index (Phi) is 3.98. The molecule has 1 saturated heterocycles. The van der Waals surface area contributed by atoms with Gasteiger partial charge in [0.15, 0.2) is 0 Å². The van der Waals surface area contributed by atoms with Crippen LogP contribution >= 0.6 is 0 Å². The highest BCUT2D eigenvalue weighted by Gasteiger charge is 2.49. The van der Waals surface area contributed by atoms with E-state index >= 15 is 0 Å². The lowest BCUT2D eigenvalue weighted by atomic mass is 9.90. The molecule has 4 heteroatoms. The molecule has 0 amide bonds. The first-order valence-electron chi connectivity index (χ1n) is 5.49. The maximum atomic E-state index is 5.78. The number of rotatable bonds is 4. The van der Waals surface area contributed by atoms with E-state index in [2.05, 4.69) is 0 Å². The average Bonchev–Trinajstić information content (AvgIpc) is 2.30. The van der Waals surface area contributed by atoms with Gasteiger partial charge in [-0.25, -0.2) is 0 Å². The second-order valence-electron chi connectivity index (χ2n) is 4.71. The van der Waals surface area contributed by atoms with Gasteiger partial charge in [-0.05, 0) is 34.6 Å². The van der Waals surface area contributed by atoms with Crippen LogP contribution in [0.1, 0.15) is 34.6 Å². The predicted octanol–water partition coefficient (Wildman–Crippen LogP) is 2.21. The topological polar surface area (TPSA) is 27.7 Å². The van der Waals surface area contributed by atoms with E-state index in [1.807, 2.05) is 46.7 Å². The highest BCUT2D eigenvalue weighted by atomic mass is 16.7. The second-order valence-corrected chi connectivity index (χ2v) is 4.71. The molecule has 0 N–H and O–H groups in total. The molecule has 0 bridgehead atoms. The van der Waals surface area contributed by atoms with E-state index in [1.54, 1.807) is 0 Å². The van der Waals surface area contributed by atoms with Gasteiger partial charge in [0.2, 0.25) is 0 Å². The molecule has 15 heavy (non-hydrogen) atoms. The fraction of sp³-hybridized carbons (Fsp3) is 0.818. The summed E-state index contributed by atoms with van der Waals surface area (Å²) in [6.45, 7) is 11.5. The Labute approximate surface area is 92.9 Å². The zero-order valence-corrected chi connectivity index (χ0v) is 10.4. The molecule has 0 aromatic heterocycles. The molecule has 1 aliphatic rings. The average molecular weight is 212 g/mol. The van der Waals surface area contributed by atoms with Gasteiger partial charge in [0.1, 0.15) is 0 Å². The SMILES string of the molecule is CCOC/C=C\B1OC(C)(C)C(C)(C)O1. The van der Waals surface area contributed by atoms with Crippen molar-refractivity contribution in [3.05, 3.63) is 12.1 Å². The predicted molar refractivity (Wildman–Crippen MR) is 61.7 cm³/mol. The Morgan fingerprint density at radius 1 is 1.13 bits per heavy atom. The standard InChI is InChI=1S/C11H21BO3/c1-6-13-9-7-8-12-14-10(2,3)11(4,5)15-12/h7-8H,6,9H2,1-5H3/b8-7-. The van der Waals surface area contributed by atoms with Gasteiger partial charge >= 0.3 is 7.12 Å². The number of hydrogen-bond donors (Lipinski definition) is 0. The molecule has 0 saturated carbocycles. The third-order valence-corrected chi connectivity index (χ3v) is 2.98. The maximum Gasteiger partial charge on any atom is 0.486 e. The molecule has 1 aliphatic heterocycles. The van der Waals surface area contributed by atoms with Crippen LogP contribution in [0.25, 0.3) is 0 Å². The highest BCUT2D eigenvalue weighted by molar-refractivity contribution is 6.51. The lowest BCUT2D eigenvalue weighted by Gasteiger charge is -2.32. The van der Waals surface area contributed by atoms with Crippen LogP contribution in [-0.2, 0) is 14.0 Å². The van der Waals surface area contributed by atoms with Crippen molar-refractivity contribution >= 4 is 7.12 Å². The summed E-state index contributed by atoms with van der Waals surface area (Å²) in [6.07, 6.45) is 1.94. The Hall–Kier alpha value is -0.315. The van der Waals surface area contributed by atoms with Crippen LogP contribution in [0, 0.1) is 0 Å². The summed E-state index contributed by atoms with van der Waals surface area (Å²) in [7, 11) is -0.254. The summed E-state index contributed by atoms with van der Waals surface area (Å²) in [5.41, 5.74) is -0.513. The van der Waals surface area contributed by atoms with Crippen LogP contribution in [0.5, 0.6) is 0 Å². The summed E-state index contributed by atoms with van der Waals surface area (Å²) in [5.74, 6) is 1.91. The van der Waals surface area contributed by atoms with Crippen LogP contribution in [-0.4, -0.2) is 31.5 Å². The Morgan fingerprint density at radius 2 is 1.67 bits per heavy atom. The van der Waals surface area contributed by atoms with E-state index in [-0.39, 0.29) is 18.3 Å². The van der Waals surface area contributed by atoms with Gasteiger partial charge in [-0.1, -0.05) is 12.1 Å². The summed E-state index contributed by atoms with van der Waals surface area (Å²) in [4.78, 5) is 0. The molecule has 0 atom stereocenters. The first-order valence-corrected chi connectivity index (χ1v) is 5.49. The molecule has 0 radical (unpaired) electrons. The molecule has 0 unspecified atom stereocenters. The van der Waals surface area contributed by atoms with Crippen LogP contribution in [0.2, 0.25) is 0 Å². The largest absolute Gasteiger partial charge is 0.486 e. The lowest BCUT2D eigenvalue weighted by Crippen LogP contribution is -2.41. The summed E-state index contributed by atoms with van der Waals surface area (Å²) in [5, 5.41) is 0. The van der Waals surface area contributed by atoms with Crippen molar-refractivity contribution < 1.29 is 14.0 Å². The first kappa shape index (κ1) is 12.8. The smallest absolute Gasteiger partial charge is 0.400 e. The Morgan fingerprint density at radius 3 is 2.13 bits per heavy atom. The van der Waals surface area contributed by atoms with Gasteiger partial charge < -0.3 is 14.0 Å². The van der Waals surface area contributed by atoms with Crippen molar-refractivity contribution in [3.8, 4) is 0 Å². The molecule has 0 aromatic rings. The van der Waals surface area contributed by atoms with Crippen LogP contribution in [0.15, 0.2) is 12.1 Å². The third kappa shape index (κ3) is 3.07. The summed E-state index contributed by atoms with van der Waals surface area (Å²) < 4.78 is 16.8. The van der Waals surface area contributed by atoms with Crippen molar-refractivity contribution in [1.29, 1.82) is 0 Å². The molecular weight excluding hydrogens is 191 g/mol. The fourth-order valence-corrected chi connectivity index (χ4v) is 1.32. The Balaban J connectivity index is 2.45. The number of ether oxygens (including phenoxy) is 1. The van der Waals surface area contributed by atoms with Crippen molar-refractivity contribution in [2.45, 2.75) is 45.8 Å². The minimum Gasteiger partial charge on any atom is -0.400 e. The van der Waals surface area contributed by atoms with E-state index in [1.165, 1.54) is 0 Å². The van der Waals surface area contributed by atoms with Crippen LogP contribution in [0.4, 0.5) is 0 Å². The van der Waals surface area contributed by atoms with Crippen molar-refractivity contribution in [3.63, 3.8) is 0 Å². The molecular formula is C11H21BO3. The molecule has 86 valence electrons. The lowest BCUT2D eigenvalue weighted by molar-refractivity contribution is 0.00578. The quantitative estimate of drug-likeness (QED) is 0.528. The van der Waals surface area contributed by atoms with E-state index in [9.17, 15) is 0 Å². The molecule has 1 heterocycles. The monoisotopic (exact) mass is 212 g/mol. The van der Waals surface area contributed by atoms with Gasteiger partial charge in [0.25, 0.3) is 0 Å². The fourth-order valence-electron chi connectivity index (χ4n) is 1.32. The molecule has 1 fully saturated rings. The molecule has 0 spiro atoms. The molecule has 0 aliphatic carbocycles. The van der Waals surface area contributed by atoms with E-state index < -0.39 is 0 Å². The van der Waals surface area contributed by atoms with Crippen molar-refractivity contribution in [2.24, 2.45) is 0 Å². The molecule has 3 nitrogen and oxygen atoms in total. The number of hydrogen-bond acceptors (Lipinski definition) is 3. The van der Waals surface area contributed by atoms with Crippen molar-refractivity contribution in [2.75, 3.05) is 13.2 Å². The van der Waals surface area contributed by atoms with Crippen molar-refractivity contribution in [1.82, 2.24) is 0 Å². The highest BCUT2D eigenvalue weighted by Crippen LogP contribution is 2.36. The summed E-state index contributed by atoms with van der Waals surface area (Å²) >= 11 is 0. The van der Waals surface area contributed by atoms with Gasteiger partial charge in [-0.15, -0.1) is 0 Å². The van der Waals surface area contributed by atoms with Crippen LogP contribution in [0.3, 0.4) is 0 Å². The molecule has 0 aromatic carbocycles. The Bertz CT molecular complexity index is 220. The zero-order valence-electron chi connectivity index (χ0n) is 10.4. The maximum absolute atomic E-state index is 5.78. The van der Waals surface area contributed by atoms with Crippen LogP contribution < -0.4 is 0 Å². The van der Waals surface area contributed by atoms with E-state index in [4.69, 9.17) is 14.0 Å². The van der Waals surface area contributed by atoms with Gasteiger partial charge in [0.05, 0.1) is 17.8 Å². The first-order chi connectivity index (χ1) is 6.89. The van der Waals surface area contributed by atoms with E-state index in [0.29, 0.717) is 6.61 Å². The normalized spacial score (nSPS) is 23.9.